The van der Waals surface area contributed by atoms with Crippen molar-refractivity contribution in [3.05, 3.63) is 30.1 Å². The third-order valence-electron chi connectivity index (χ3n) is 2.00. The summed E-state index contributed by atoms with van der Waals surface area (Å²) in [5.74, 6) is 0.693. The van der Waals surface area contributed by atoms with Crippen LogP contribution in [0.3, 0.4) is 0 Å². The molecule has 0 aliphatic heterocycles. The summed E-state index contributed by atoms with van der Waals surface area (Å²) in [6, 6.07) is 4.08. The van der Waals surface area contributed by atoms with Crippen LogP contribution < -0.4 is 0 Å². The Morgan fingerprint density at radius 2 is 2.08 bits per heavy atom. The molecule has 0 spiro atoms. The van der Waals surface area contributed by atoms with Gasteiger partial charge >= 0.3 is 0 Å². The maximum absolute atomic E-state index is 5.69. The highest BCUT2D eigenvalue weighted by Crippen LogP contribution is 2.02. The molecule has 0 amide bonds. The molecule has 0 aromatic carbocycles. The Kier molecular flexibility index (Phi) is 4.79. The quantitative estimate of drug-likeness (QED) is 0.674. The molecule has 0 N–H and O–H groups in total. The minimum Gasteiger partial charge on any atom is -0.298 e. The van der Waals surface area contributed by atoms with Gasteiger partial charge in [-0.05, 0) is 24.2 Å². The van der Waals surface area contributed by atoms with E-state index in [4.69, 9.17) is 11.6 Å². The average molecular weight is 199 g/mol. The number of hydrogen-bond donors (Lipinski definition) is 0. The molecule has 13 heavy (non-hydrogen) atoms. The first-order valence-electron chi connectivity index (χ1n) is 4.54. The Labute approximate surface area is 84.5 Å². The smallest absolute Gasteiger partial charge is 0.0351 e. The van der Waals surface area contributed by atoms with E-state index in [1.54, 1.807) is 0 Å². The standard InChI is InChI=1S/C10H15ClN2/c1-2-13(8-5-11)9-10-3-6-12-7-4-10/h3-4,6-7H,2,5,8-9H2,1H3. The molecule has 0 fully saturated rings. The lowest BCUT2D eigenvalue weighted by Crippen LogP contribution is -2.24. The van der Waals surface area contributed by atoms with E-state index >= 15 is 0 Å². The van der Waals surface area contributed by atoms with E-state index in [1.165, 1.54) is 5.56 Å². The van der Waals surface area contributed by atoms with Gasteiger partial charge in [-0.2, -0.15) is 0 Å². The Balaban J connectivity index is 2.46. The van der Waals surface area contributed by atoms with Crippen molar-refractivity contribution < 1.29 is 0 Å². The number of pyridine rings is 1. The summed E-state index contributed by atoms with van der Waals surface area (Å²) in [6.07, 6.45) is 3.65. The molecular formula is C10H15ClN2. The highest BCUT2D eigenvalue weighted by Gasteiger charge is 2.01. The first-order valence-corrected chi connectivity index (χ1v) is 5.07. The summed E-state index contributed by atoms with van der Waals surface area (Å²) in [6.45, 7) is 5.09. The molecule has 1 heterocycles. The molecule has 0 aliphatic rings. The van der Waals surface area contributed by atoms with Gasteiger partial charge in [-0.3, -0.25) is 9.88 Å². The van der Waals surface area contributed by atoms with Gasteiger partial charge in [-0.15, -0.1) is 11.6 Å². The molecule has 1 rings (SSSR count). The Morgan fingerprint density at radius 3 is 2.62 bits per heavy atom. The highest BCUT2D eigenvalue weighted by atomic mass is 35.5. The van der Waals surface area contributed by atoms with Gasteiger partial charge in [0, 0.05) is 31.4 Å². The summed E-state index contributed by atoms with van der Waals surface area (Å²) < 4.78 is 0. The molecule has 72 valence electrons. The predicted molar refractivity (Wildman–Crippen MR) is 55.9 cm³/mol. The molecule has 0 radical (unpaired) electrons. The van der Waals surface area contributed by atoms with Crippen molar-refractivity contribution in [2.45, 2.75) is 13.5 Å². The first-order chi connectivity index (χ1) is 6.36. The largest absolute Gasteiger partial charge is 0.298 e. The molecule has 0 aliphatic carbocycles. The number of rotatable bonds is 5. The summed E-state index contributed by atoms with van der Waals surface area (Å²) >= 11 is 5.69. The van der Waals surface area contributed by atoms with Crippen molar-refractivity contribution in [2.75, 3.05) is 19.0 Å². The molecular weight excluding hydrogens is 184 g/mol. The van der Waals surface area contributed by atoms with Crippen molar-refractivity contribution in [2.24, 2.45) is 0 Å². The predicted octanol–water partition coefficient (Wildman–Crippen LogP) is 2.14. The second-order valence-corrected chi connectivity index (χ2v) is 3.29. The number of alkyl halides is 1. The van der Waals surface area contributed by atoms with Gasteiger partial charge in [-0.25, -0.2) is 0 Å². The first kappa shape index (κ1) is 10.5. The van der Waals surface area contributed by atoms with Crippen molar-refractivity contribution in [1.82, 2.24) is 9.88 Å². The fourth-order valence-corrected chi connectivity index (χ4v) is 1.45. The Morgan fingerprint density at radius 1 is 1.38 bits per heavy atom. The van der Waals surface area contributed by atoms with Crippen LogP contribution in [0.4, 0.5) is 0 Å². The van der Waals surface area contributed by atoms with Crippen LogP contribution in [0.15, 0.2) is 24.5 Å². The molecule has 0 saturated heterocycles. The van der Waals surface area contributed by atoms with Crippen molar-refractivity contribution in [3.63, 3.8) is 0 Å². The molecule has 3 heteroatoms. The third kappa shape index (κ3) is 3.75. The maximum atomic E-state index is 5.69. The fraction of sp³-hybridized carbons (Fsp3) is 0.500. The summed E-state index contributed by atoms with van der Waals surface area (Å²) in [4.78, 5) is 6.29. The summed E-state index contributed by atoms with van der Waals surface area (Å²) in [7, 11) is 0. The summed E-state index contributed by atoms with van der Waals surface area (Å²) in [5.41, 5.74) is 1.29. The average Bonchev–Trinajstić information content (AvgIpc) is 2.19. The van der Waals surface area contributed by atoms with Crippen molar-refractivity contribution in [3.8, 4) is 0 Å². The lowest BCUT2D eigenvalue weighted by molar-refractivity contribution is 0.297. The van der Waals surface area contributed by atoms with E-state index in [9.17, 15) is 0 Å². The Hall–Kier alpha value is -0.600. The molecule has 0 atom stereocenters. The van der Waals surface area contributed by atoms with Crippen LogP contribution in [0.5, 0.6) is 0 Å². The van der Waals surface area contributed by atoms with Crippen LogP contribution in [-0.2, 0) is 6.54 Å². The second kappa shape index (κ2) is 5.95. The monoisotopic (exact) mass is 198 g/mol. The summed E-state index contributed by atoms with van der Waals surface area (Å²) in [5, 5.41) is 0. The van der Waals surface area contributed by atoms with Crippen LogP contribution in [0, 0.1) is 0 Å². The van der Waals surface area contributed by atoms with Gasteiger partial charge in [0.1, 0.15) is 0 Å². The van der Waals surface area contributed by atoms with Crippen molar-refractivity contribution in [1.29, 1.82) is 0 Å². The van der Waals surface area contributed by atoms with E-state index in [-0.39, 0.29) is 0 Å². The fourth-order valence-electron chi connectivity index (χ4n) is 1.21. The topological polar surface area (TPSA) is 16.1 Å². The molecule has 0 saturated carbocycles. The number of hydrogen-bond acceptors (Lipinski definition) is 2. The third-order valence-corrected chi connectivity index (χ3v) is 2.17. The van der Waals surface area contributed by atoms with Crippen LogP contribution in [0.25, 0.3) is 0 Å². The molecule has 1 aromatic heterocycles. The zero-order valence-corrected chi connectivity index (χ0v) is 8.67. The minimum absolute atomic E-state index is 0.693. The van der Waals surface area contributed by atoms with E-state index in [0.29, 0.717) is 5.88 Å². The van der Waals surface area contributed by atoms with Crippen LogP contribution in [0.1, 0.15) is 12.5 Å². The van der Waals surface area contributed by atoms with E-state index in [2.05, 4.69) is 16.8 Å². The van der Waals surface area contributed by atoms with Gasteiger partial charge < -0.3 is 0 Å². The van der Waals surface area contributed by atoms with Gasteiger partial charge in [0.15, 0.2) is 0 Å². The van der Waals surface area contributed by atoms with Gasteiger partial charge in [0.25, 0.3) is 0 Å². The lowest BCUT2D eigenvalue weighted by atomic mass is 10.2. The van der Waals surface area contributed by atoms with Crippen LogP contribution in [0.2, 0.25) is 0 Å². The molecule has 2 nitrogen and oxygen atoms in total. The highest BCUT2D eigenvalue weighted by molar-refractivity contribution is 6.18. The number of aromatic nitrogens is 1. The minimum atomic E-state index is 0.693. The van der Waals surface area contributed by atoms with E-state index < -0.39 is 0 Å². The SMILES string of the molecule is CCN(CCCl)Cc1ccncc1. The van der Waals surface area contributed by atoms with Crippen LogP contribution >= 0.6 is 11.6 Å². The zero-order valence-electron chi connectivity index (χ0n) is 7.91. The molecule has 0 unspecified atom stereocenters. The normalized spacial score (nSPS) is 10.7. The maximum Gasteiger partial charge on any atom is 0.0351 e. The van der Waals surface area contributed by atoms with E-state index in [1.807, 2.05) is 24.5 Å². The van der Waals surface area contributed by atoms with Gasteiger partial charge in [0.05, 0.1) is 0 Å². The van der Waals surface area contributed by atoms with Gasteiger partial charge in [-0.1, -0.05) is 6.92 Å². The van der Waals surface area contributed by atoms with Gasteiger partial charge in [0.2, 0.25) is 0 Å². The lowest BCUT2D eigenvalue weighted by Gasteiger charge is -2.18. The van der Waals surface area contributed by atoms with Crippen molar-refractivity contribution >= 4 is 11.6 Å². The molecule has 1 aromatic rings. The molecule has 0 bridgehead atoms. The Bertz CT molecular complexity index is 226. The zero-order chi connectivity index (χ0) is 9.52. The van der Waals surface area contributed by atoms with E-state index in [0.717, 1.165) is 19.6 Å². The van der Waals surface area contributed by atoms with Crippen LogP contribution in [-0.4, -0.2) is 28.9 Å². The second-order valence-electron chi connectivity index (χ2n) is 2.91. The number of halogens is 1. The number of nitrogens with zero attached hydrogens (tertiary/aromatic N) is 2.